The zero-order valence-electron chi connectivity index (χ0n) is 13.4. The van der Waals surface area contributed by atoms with Crippen LogP contribution in [0.15, 0.2) is 12.1 Å². The Hall–Kier alpha value is -1.60. The number of hydrogen-bond acceptors (Lipinski definition) is 6. The molecular formula is C14H29N7. The molecule has 7 heteroatoms. The van der Waals surface area contributed by atoms with Crippen molar-refractivity contribution in [2.24, 2.45) is 11.7 Å². The first-order valence-electron chi connectivity index (χ1n) is 7.55. The maximum Gasteiger partial charge on any atom is 0.164 e. The number of aromatic nitrogens is 2. The van der Waals surface area contributed by atoms with Crippen LogP contribution in [0.1, 0.15) is 20.3 Å². The predicted molar refractivity (Wildman–Crippen MR) is 86.5 cm³/mol. The van der Waals surface area contributed by atoms with Gasteiger partial charge in [-0.1, -0.05) is 13.8 Å². The quantitative estimate of drug-likeness (QED) is 0.669. The summed E-state index contributed by atoms with van der Waals surface area (Å²) in [5, 5.41) is 11.7. The predicted octanol–water partition coefficient (Wildman–Crippen LogP) is -0.181. The van der Waals surface area contributed by atoms with Gasteiger partial charge in [-0.2, -0.15) is 4.79 Å². The fourth-order valence-electron chi connectivity index (χ4n) is 2.36. The first-order valence-corrected chi connectivity index (χ1v) is 7.55. The summed E-state index contributed by atoms with van der Waals surface area (Å²) in [6.07, 6.45) is 1.19. The summed E-state index contributed by atoms with van der Waals surface area (Å²) in [6, 6.07) is 3.56. The van der Waals surface area contributed by atoms with E-state index in [0.29, 0.717) is 5.92 Å². The summed E-state index contributed by atoms with van der Waals surface area (Å²) >= 11 is 0. The van der Waals surface area contributed by atoms with Gasteiger partial charge in [-0.3, -0.25) is 5.41 Å². The Morgan fingerprint density at radius 2 is 2.10 bits per heavy atom. The molecule has 1 atom stereocenters. The van der Waals surface area contributed by atoms with Crippen LogP contribution < -0.4 is 22.0 Å². The van der Waals surface area contributed by atoms with Gasteiger partial charge in [0.25, 0.3) is 0 Å². The van der Waals surface area contributed by atoms with Crippen molar-refractivity contribution in [1.29, 1.82) is 5.41 Å². The molecule has 21 heavy (non-hydrogen) atoms. The average Bonchev–Trinajstić information content (AvgIpc) is 2.91. The third-order valence-corrected chi connectivity index (χ3v) is 3.57. The minimum atomic E-state index is 0.222. The summed E-state index contributed by atoms with van der Waals surface area (Å²) < 4.78 is 0. The number of nitrogens with one attached hydrogen (secondary N) is 1. The Morgan fingerprint density at radius 1 is 1.43 bits per heavy atom. The second-order valence-electron chi connectivity index (χ2n) is 5.39. The Morgan fingerprint density at radius 3 is 2.67 bits per heavy atom. The highest BCUT2D eigenvalue weighted by Crippen LogP contribution is 2.21. The molecule has 0 spiro atoms. The molecule has 1 aliphatic heterocycles. The van der Waals surface area contributed by atoms with E-state index in [4.69, 9.17) is 17.0 Å². The summed E-state index contributed by atoms with van der Waals surface area (Å²) in [6.45, 7) is 9.09. The van der Waals surface area contributed by atoms with E-state index in [1.165, 1.54) is 6.42 Å². The molecule has 0 amide bonds. The van der Waals surface area contributed by atoms with Crippen molar-refractivity contribution < 1.29 is 0 Å². The third kappa shape index (κ3) is 5.35. The van der Waals surface area contributed by atoms with Crippen LogP contribution in [0.2, 0.25) is 0 Å². The molecule has 0 aliphatic carbocycles. The number of rotatable bonds is 4. The smallest absolute Gasteiger partial charge is 0.164 e. The standard InChI is InChI=1S/C12H22N6.C2H7N/c1-3-16(2)8-10-6-7-17(9-10)12-5-4-11(13)18(14)15-12;1-2-3/h4-5,10,13H,3,6-9,14H2,1-2H3;2-3H2,1H3. The van der Waals surface area contributed by atoms with E-state index >= 15 is 0 Å². The van der Waals surface area contributed by atoms with Crippen molar-refractivity contribution in [3.8, 4) is 0 Å². The van der Waals surface area contributed by atoms with Gasteiger partial charge in [0.1, 0.15) is 0 Å². The van der Waals surface area contributed by atoms with Crippen molar-refractivity contribution in [3.63, 3.8) is 0 Å². The van der Waals surface area contributed by atoms with Crippen molar-refractivity contribution in [2.45, 2.75) is 20.3 Å². The average molecular weight is 295 g/mol. The van der Waals surface area contributed by atoms with E-state index in [-0.39, 0.29) is 5.49 Å². The zero-order valence-corrected chi connectivity index (χ0v) is 13.4. The van der Waals surface area contributed by atoms with E-state index in [1.807, 2.05) is 13.0 Å². The molecule has 0 saturated carbocycles. The van der Waals surface area contributed by atoms with Crippen molar-refractivity contribution in [1.82, 2.24) is 14.8 Å². The monoisotopic (exact) mass is 295 g/mol. The molecule has 2 rings (SSSR count). The third-order valence-electron chi connectivity index (χ3n) is 3.57. The van der Waals surface area contributed by atoms with Crippen LogP contribution >= 0.6 is 0 Å². The lowest BCUT2D eigenvalue weighted by Gasteiger charge is -2.20. The lowest BCUT2D eigenvalue weighted by atomic mass is 10.1. The summed E-state index contributed by atoms with van der Waals surface area (Å²) in [7, 11) is 2.16. The second-order valence-corrected chi connectivity index (χ2v) is 5.39. The molecule has 0 aromatic carbocycles. The first-order chi connectivity index (χ1) is 10.0. The van der Waals surface area contributed by atoms with Gasteiger partial charge in [0.05, 0.1) is 0 Å². The SMILES string of the molecule is CCN.CCN(C)CC1CCN(c2ccc(=N)n(N)n2)C1. The molecule has 1 aromatic rings. The molecule has 0 bridgehead atoms. The first kappa shape index (κ1) is 17.5. The van der Waals surface area contributed by atoms with E-state index in [0.717, 1.165) is 43.3 Å². The maximum absolute atomic E-state index is 7.49. The number of nitrogens with two attached hydrogens (primary N) is 2. The zero-order chi connectivity index (χ0) is 15.8. The number of nitrogens with zero attached hydrogens (tertiary/aromatic N) is 4. The summed E-state index contributed by atoms with van der Waals surface area (Å²) in [4.78, 5) is 5.72. The Balaban J connectivity index is 0.000000677. The van der Waals surface area contributed by atoms with Gasteiger partial charge < -0.3 is 21.4 Å². The molecule has 5 N–H and O–H groups in total. The van der Waals surface area contributed by atoms with Crippen molar-refractivity contribution in [2.75, 3.05) is 50.5 Å². The van der Waals surface area contributed by atoms with Crippen molar-refractivity contribution in [3.05, 3.63) is 17.6 Å². The molecular weight excluding hydrogens is 266 g/mol. The van der Waals surface area contributed by atoms with E-state index in [1.54, 1.807) is 6.07 Å². The Labute approximate surface area is 127 Å². The van der Waals surface area contributed by atoms with Crippen LogP contribution in [-0.4, -0.2) is 54.6 Å². The van der Waals surface area contributed by atoms with Crippen LogP contribution in [-0.2, 0) is 0 Å². The number of nitrogen functional groups attached to an aromatic ring is 1. The van der Waals surface area contributed by atoms with E-state index in [2.05, 4.69) is 28.9 Å². The van der Waals surface area contributed by atoms with Crippen LogP contribution in [0.3, 0.4) is 0 Å². The van der Waals surface area contributed by atoms with Gasteiger partial charge in [-0.05, 0) is 44.6 Å². The second kappa shape index (κ2) is 8.63. The minimum Gasteiger partial charge on any atom is -0.355 e. The van der Waals surface area contributed by atoms with E-state index < -0.39 is 0 Å². The van der Waals surface area contributed by atoms with Crippen LogP contribution in [0, 0.1) is 11.3 Å². The highest BCUT2D eigenvalue weighted by Gasteiger charge is 2.24. The minimum absolute atomic E-state index is 0.222. The van der Waals surface area contributed by atoms with Gasteiger partial charge >= 0.3 is 0 Å². The van der Waals surface area contributed by atoms with Gasteiger partial charge in [-0.25, -0.2) is 0 Å². The van der Waals surface area contributed by atoms with E-state index in [9.17, 15) is 0 Å². The lowest BCUT2D eigenvalue weighted by Crippen LogP contribution is -2.33. The largest absolute Gasteiger partial charge is 0.355 e. The van der Waals surface area contributed by atoms with Gasteiger partial charge in [0.2, 0.25) is 0 Å². The van der Waals surface area contributed by atoms with Crippen LogP contribution in [0.5, 0.6) is 0 Å². The number of hydrogen-bond donors (Lipinski definition) is 3. The van der Waals surface area contributed by atoms with Crippen LogP contribution in [0.25, 0.3) is 0 Å². The molecule has 1 saturated heterocycles. The highest BCUT2D eigenvalue weighted by atomic mass is 15.5. The normalized spacial score (nSPS) is 17.8. The number of anilines is 1. The summed E-state index contributed by atoms with van der Waals surface area (Å²) in [5.41, 5.74) is 5.07. The molecule has 1 unspecified atom stereocenters. The van der Waals surface area contributed by atoms with Gasteiger partial charge in [0, 0.05) is 19.6 Å². The van der Waals surface area contributed by atoms with Gasteiger partial charge in [-0.15, -0.1) is 5.10 Å². The Kier molecular flexibility index (Phi) is 7.18. The molecule has 0 radical (unpaired) electrons. The molecule has 1 fully saturated rings. The summed E-state index contributed by atoms with van der Waals surface area (Å²) in [5.74, 6) is 7.17. The molecule has 1 aliphatic rings. The molecule has 2 heterocycles. The highest BCUT2D eigenvalue weighted by molar-refractivity contribution is 5.37. The fourth-order valence-corrected chi connectivity index (χ4v) is 2.36. The topological polar surface area (TPSA) is 100 Å². The van der Waals surface area contributed by atoms with Gasteiger partial charge in [0.15, 0.2) is 11.3 Å². The Bertz CT molecular complexity index is 471. The molecule has 7 nitrogen and oxygen atoms in total. The molecule has 1 aromatic heterocycles. The van der Waals surface area contributed by atoms with Crippen LogP contribution in [0.4, 0.5) is 5.82 Å². The lowest BCUT2D eigenvalue weighted by molar-refractivity contribution is 0.300. The maximum atomic E-state index is 7.49. The fraction of sp³-hybridized carbons (Fsp3) is 0.714. The molecule has 120 valence electrons. The van der Waals surface area contributed by atoms with Crippen molar-refractivity contribution >= 4 is 5.82 Å².